The highest BCUT2D eigenvalue weighted by molar-refractivity contribution is 6.74. The molecule has 2 atom stereocenters. The van der Waals surface area contributed by atoms with Gasteiger partial charge in [0, 0.05) is 18.7 Å². The molecule has 1 saturated carbocycles. The predicted octanol–water partition coefficient (Wildman–Crippen LogP) is 5.73. The molecular formula is C21H39NO2Si. The van der Waals surface area contributed by atoms with E-state index in [1.165, 1.54) is 0 Å². The van der Waals surface area contributed by atoms with Crippen LogP contribution in [-0.4, -0.2) is 31.3 Å². The Kier molecular flexibility index (Phi) is 5.66. The van der Waals surface area contributed by atoms with Crippen molar-refractivity contribution in [3.63, 3.8) is 0 Å². The number of unbranched alkanes of at least 4 members (excludes halogenated alkanes) is 2. The van der Waals surface area contributed by atoms with Crippen LogP contribution >= 0.6 is 0 Å². The van der Waals surface area contributed by atoms with Crippen LogP contribution in [0.5, 0.6) is 0 Å². The van der Waals surface area contributed by atoms with Crippen molar-refractivity contribution in [3.8, 4) is 0 Å². The fourth-order valence-corrected chi connectivity index (χ4v) is 5.17. The molecule has 3 nitrogen and oxygen atoms in total. The molecule has 144 valence electrons. The Morgan fingerprint density at radius 3 is 2.40 bits per heavy atom. The van der Waals surface area contributed by atoms with E-state index in [9.17, 15) is 4.79 Å². The van der Waals surface area contributed by atoms with Crippen molar-refractivity contribution < 1.29 is 9.22 Å². The predicted molar refractivity (Wildman–Crippen MR) is 108 cm³/mol. The number of hydrogen-bond donors (Lipinski definition) is 0. The molecule has 1 aliphatic carbocycles. The lowest BCUT2D eigenvalue weighted by molar-refractivity contribution is -0.133. The van der Waals surface area contributed by atoms with Crippen LogP contribution in [0.15, 0.2) is 12.3 Å². The molecule has 2 bridgehead atoms. The lowest BCUT2D eigenvalue weighted by Gasteiger charge is -2.39. The molecule has 0 aromatic carbocycles. The van der Waals surface area contributed by atoms with E-state index < -0.39 is 8.32 Å². The van der Waals surface area contributed by atoms with Crippen LogP contribution in [0.4, 0.5) is 0 Å². The maximum Gasteiger partial charge on any atom is 0.230 e. The van der Waals surface area contributed by atoms with E-state index >= 15 is 0 Å². The van der Waals surface area contributed by atoms with Crippen molar-refractivity contribution in [2.24, 2.45) is 11.3 Å². The molecule has 0 aromatic heterocycles. The SMILES string of the molecule is CC1(C)[C@@H]2CC[C@@]1(C)N(/C=C\CCCCO[Si](C)(C)C(C)(C)C)C2=O. The number of piperidine rings is 1. The minimum Gasteiger partial charge on any atom is -0.417 e. The van der Waals surface area contributed by atoms with Gasteiger partial charge in [-0.2, -0.15) is 0 Å². The summed E-state index contributed by atoms with van der Waals surface area (Å²) in [6.07, 6.45) is 9.67. The van der Waals surface area contributed by atoms with E-state index in [0.717, 1.165) is 38.7 Å². The normalized spacial score (nSPS) is 29.2. The molecule has 4 heteroatoms. The summed E-state index contributed by atoms with van der Waals surface area (Å²) in [7, 11) is -1.61. The fraction of sp³-hybridized carbons (Fsp3) is 0.857. The lowest BCUT2D eigenvalue weighted by Crippen LogP contribution is -2.46. The van der Waals surface area contributed by atoms with Crippen molar-refractivity contribution in [2.75, 3.05) is 6.61 Å². The maximum absolute atomic E-state index is 12.6. The largest absolute Gasteiger partial charge is 0.417 e. The van der Waals surface area contributed by atoms with E-state index in [1.807, 2.05) is 4.90 Å². The highest BCUT2D eigenvalue weighted by Crippen LogP contribution is 2.59. The molecule has 2 fully saturated rings. The fourth-order valence-electron chi connectivity index (χ4n) is 4.08. The van der Waals surface area contributed by atoms with E-state index in [-0.39, 0.29) is 21.9 Å². The number of rotatable bonds is 7. The van der Waals surface area contributed by atoms with Crippen LogP contribution in [0, 0.1) is 11.3 Å². The monoisotopic (exact) mass is 365 g/mol. The second-order valence-corrected chi connectivity index (χ2v) is 15.1. The van der Waals surface area contributed by atoms with Gasteiger partial charge in [0.15, 0.2) is 8.32 Å². The molecule has 0 unspecified atom stereocenters. The molecule has 25 heavy (non-hydrogen) atoms. The third kappa shape index (κ3) is 3.62. The molecule has 0 N–H and O–H groups in total. The smallest absolute Gasteiger partial charge is 0.230 e. The lowest BCUT2D eigenvalue weighted by atomic mass is 9.75. The van der Waals surface area contributed by atoms with Gasteiger partial charge in [0.1, 0.15) is 0 Å². The Labute approximate surface area is 156 Å². The van der Waals surface area contributed by atoms with Gasteiger partial charge in [-0.15, -0.1) is 0 Å². The number of hydrogen-bond acceptors (Lipinski definition) is 2. The summed E-state index contributed by atoms with van der Waals surface area (Å²) in [6, 6.07) is 0. The number of carbonyl (C=O) groups is 1. The number of fused-ring (bicyclic) bond motifs is 2. The summed E-state index contributed by atoms with van der Waals surface area (Å²) < 4.78 is 6.22. The number of nitrogens with zero attached hydrogens (tertiary/aromatic N) is 1. The highest BCUT2D eigenvalue weighted by atomic mass is 28.4. The summed E-state index contributed by atoms with van der Waals surface area (Å²) in [5, 5.41) is 0.282. The summed E-state index contributed by atoms with van der Waals surface area (Å²) >= 11 is 0. The van der Waals surface area contributed by atoms with E-state index in [4.69, 9.17) is 4.43 Å². The molecule has 0 spiro atoms. The van der Waals surface area contributed by atoms with Gasteiger partial charge in [-0.25, -0.2) is 0 Å². The maximum atomic E-state index is 12.6. The molecular weight excluding hydrogens is 326 g/mol. The Morgan fingerprint density at radius 2 is 1.88 bits per heavy atom. The van der Waals surface area contributed by atoms with Crippen LogP contribution in [0.25, 0.3) is 0 Å². The van der Waals surface area contributed by atoms with Crippen LogP contribution < -0.4 is 0 Å². The first-order chi connectivity index (χ1) is 11.3. The van der Waals surface area contributed by atoms with Gasteiger partial charge in [0.25, 0.3) is 0 Å². The number of allylic oxidation sites excluding steroid dienone is 1. The van der Waals surface area contributed by atoms with Gasteiger partial charge in [-0.05, 0) is 62.6 Å². The third-order valence-electron chi connectivity index (χ3n) is 7.54. The van der Waals surface area contributed by atoms with Crippen LogP contribution in [0.3, 0.4) is 0 Å². The van der Waals surface area contributed by atoms with Gasteiger partial charge in [0.05, 0.1) is 5.54 Å². The molecule has 0 aromatic rings. The minimum atomic E-state index is -1.61. The van der Waals surface area contributed by atoms with Crippen molar-refractivity contribution in [2.45, 2.75) is 97.3 Å². The van der Waals surface area contributed by atoms with Gasteiger partial charge >= 0.3 is 0 Å². The van der Waals surface area contributed by atoms with Crippen LogP contribution in [-0.2, 0) is 9.22 Å². The summed E-state index contributed by atoms with van der Waals surface area (Å²) in [6.45, 7) is 19.1. The number of carbonyl (C=O) groups excluding carboxylic acids is 1. The van der Waals surface area contributed by atoms with E-state index in [2.05, 4.69) is 66.9 Å². The standard InChI is InChI=1S/C21H39NO2Si/c1-19(2,3)25(7,8)24-16-12-10-9-11-15-22-18(23)17-13-14-21(22,6)20(17,4)5/h11,15,17H,9-10,12-14,16H2,1-8H3/b15-11-/t17-,21-/m1/s1. The van der Waals surface area contributed by atoms with Crippen molar-refractivity contribution >= 4 is 14.2 Å². The van der Waals surface area contributed by atoms with Gasteiger partial charge < -0.3 is 9.33 Å². The molecule has 1 aliphatic heterocycles. The third-order valence-corrected chi connectivity index (χ3v) is 12.1. The zero-order valence-electron chi connectivity index (χ0n) is 17.7. The van der Waals surface area contributed by atoms with Crippen LogP contribution in [0.2, 0.25) is 18.1 Å². The molecule has 1 amide bonds. The van der Waals surface area contributed by atoms with Crippen molar-refractivity contribution in [1.29, 1.82) is 0 Å². The average Bonchev–Trinajstić information content (AvgIpc) is 2.77. The van der Waals surface area contributed by atoms with Crippen LogP contribution in [0.1, 0.15) is 73.6 Å². The first-order valence-electron chi connectivity index (χ1n) is 9.98. The summed E-state index contributed by atoms with van der Waals surface area (Å²) in [5.41, 5.74) is 0.0854. The Bertz CT molecular complexity index is 533. The zero-order valence-corrected chi connectivity index (χ0v) is 18.7. The van der Waals surface area contributed by atoms with E-state index in [0.29, 0.717) is 5.91 Å². The number of amides is 1. The average molecular weight is 366 g/mol. The second-order valence-electron chi connectivity index (χ2n) is 10.3. The second kappa shape index (κ2) is 6.84. The van der Waals surface area contributed by atoms with Gasteiger partial charge in [0.2, 0.25) is 5.91 Å². The number of likely N-dealkylation sites (tertiary alicyclic amines) is 1. The van der Waals surface area contributed by atoms with Gasteiger partial charge in [-0.3, -0.25) is 4.79 Å². The molecule has 2 aliphatic rings. The summed E-state index contributed by atoms with van der Waals surface area (Å²) in [5.74, 6) is 0.538. The van der Waals surface area contributed by atoms with Gasteiger partial charge in [-0.1, -0.05) is 40.7 Å². The Balaban J connectivity index is 1.75. The van der Waals surface area contributed by atoms with Crippen molar-refractivity contribution in [3.05, 3.63) is 12.3 Å². The van der Waals surface area contributed by atoms with Crippen molar-refractivity contribution in [1.82, 2.24) is 4.90 Å². The molecule has 1 saturated heterocycles. The minimum absolute atomic E-state index is 0.00328. The molecule has 0 radical (unpaired) electrons. The first-order valence-corrected chi connectivity index (χ1v) is 12.9. The Morgan fingerprint density at radius 1 is 1.24 bits per heavy atom. The molecule has 2 rings (SSSR count). The summed E-state index contributed by atoms with van der Waals surface area (Å²) in [4.78, 5) is 14.7. The highest BCUT2D eigenvalue weighted by Gasteiger charge is 2.64. The zero-order chi connectivity index (χ0) is 19.1. The molecule has 1 heterocycles. The quantitative estimate of drug-likeness (QED) is 0.426. The Hall–Kier alpha value is -0.613. The first kappa shape index (κ1) is 20.7. The topological polar surface area (TPSA) is 29.5 Å². The van der Waals surface area contributed by atoms with E-state index in [1.54, 1.807) is 0 Å².